The second-order valence-electron chi connectivity index (χ2n) is 4.63. The second kappa shape index (κ2) is 6.99. The summed E-state index contributed by atoms with van der Waals surface area (Å²) >= 11 is 0. The van der Waals surface area contributed by atoms with Gasteiger partial charge in [-0.3, -0.25) is 4.79 Å². The first kappa shape index (κ1) is 17.3. The monoisotopic (exact) mass is 334 g/mol. The quantitative estimate of drug-likeness (QED) is 0.831. The number of carbonyl (C=O) groups is 1. The third kappa shape index (κ3) is 3.81. The van der Waals surface area contributed by atoms with E-state index >= 15 is 0 Å². The van der Waals surface area contributed by atoms with Crippen molar-refractivity contribution in [3.05, 3.63) is 78.7 Å². The van der Waals surface area contributed by atoms with Crippen LogP contribution >= 0.6 is 0 Å². The van der Waals surface area contributed by atoms with E-state index in [0.29, 0.717) is 17.4 Å². The number of aromatic nitrogens is 1. The van der Waals surface area contributed by atoms with Gasteiger partial charge in [0.1, 0.15) is 0 Å². The highest BCUT2D eigenvalue weighted by molar-refractivity contribution is 5.94. The first-order valence-electron chi connectivity index (χ1n) is 6.76. The van der Waals surface area contributed by atoms with Gasteiger partial charge in [0, 0.05) is 11.6 Å². The highest BCUT2D eigenvalue weighted by Crippen LogP contribution is 2.28. The van der Waals surface area contributed by atoms with Crippen molar-refractivity contribution < 1.29 is 22.5 Å². The Labute approximate surface area is 136 Å². The van der Waals surface area contributed by atoms with Gasteiger partial charge in [-0.05, 0) is 6.08 Å². The molecule has 2 rings (SSSR count). The van der Waals surface area contributed by atoms with Crippen LogP contribution in [0.3, 0.4) is 0 Å². The summed E-state index contributed by atoms with van der Waals surface area (Å²) in [6.07, 6.45) is -3.17. The van der Waals surface area contributed by atoms with Crippen LogP contribution in [0.1, 0.15) is 10.5 Å². The number of alkyl halides is 3. The van der Waals surface area contributed by atoms with Gasteiger partial charge >= 0.3 is 6.18 Å². The number of hydrogen-bond acceptors (Lipinski definition) is 3. The predicted molar refractivity (Wildman–Crippen MR) is 82.9 cm³/mol. The molecule has 4 nitrogen and oxygen atoms in total. The maximum absolute atomic E-state index is 12.9. The molecular weight excluding hydrogens is 321 g/mol. The van der Waals surface area contributed by atoms with Gasteiger partial charge in [0.25, 0.3) is 5.91 Å². The van der Waals surface area contributed by atoms with Crippen molar-refractivity contribution >= 4 is 5.91 Å². The van der Waals surface area contributed by atoms with E-state index in [2.05, 4.69) is 23.6 Å². The minimum Gasteiger partial charge on any atom is -0.355 e. The average Bonchev–Trinajstić information content (AvgIpc) is 3.04. The minimum atomic E-state index is -4.67. The summed E-state index contributed by atoms with van der Waals surface area (Å²) < 4.78 is 43.7. The largest absolute Gasteiger partial charge is 0.418 e. The zero-order chi connectivity index (χ0) is 17.7. The summed E-state index contributed by atoms with van der Waals surface area (Å²) in [6, 6.07) is 10.2. The van der Waals surface area contributed by atoms with Gasteiger partial charge in [0.2, 0.25) is 0 Å². The number of hydrogen-bond donors (Lipinski definition) is 1. The van der Waals surface area contributed by atoms with E-state index in [9.17, 15) is 18.0 Å². The number of halogens is 3. The summed E-state index contributed by atoms with van der Waals surface area (Å²) in [7, 11) is 0. The Morgan fingerprint density at radius 1 is 1.17 bits per heavy atom. The fourth-order valence-corrected chi connectivity index (χ4v) is 1.91. The molecule has 2 aromatic rings. The molecule has 0 atom stereocenters. The second-order valence-corrected chi connectivity index (χ2v) is 4.63. The van der Waals surface area contributed by atoms with E-state index < -0.39 is 23.4 Å². The predicted octanol–water partition coefficient (Wildman–Crippen LogP) is 4.26. The van der Waals surface area contributed by atoms with Crippen molar-refractivity contribution in [2.45, 2.75) is 6.18 Å². The van der Waals surface area contributed by atoms with Gasteiger partial charge < -0.3 is 9.84 Å². The summed E-state index contributed by atoms with van der Waals surface area (Å²) in [4.78, 5) is 12.1. The molecule has 7 heteroatoms. The number of amides is 1. The maximum Gasteiger partial charge on any atom is 0.418 e. The van der Waals surface area contributed by atoms with Gasteiger partial charge in [-0.25, -0.2) is 0 Å². The molecular formula is C17H13F3N2O2. The number of carbonyl (C=O) groups excluding carboxylic acids is 1. The van der Waals surface area contributed by atoms with E-state index in [1.165, 1.54) is 6.07 Å². The lowest BCUT2D eigenvalue weighted by molar-refractivity contribution is -0.0889. The van der Waals surface area contributed by atoms with Crippen molar-refractivity contribution in [1.29, 1.82) is 0 Å². The molecule has 124 valence electrons. The molecule has 1 aromatic carbocycles. The van der Waals surface area contributed by atoms with Crippen LogP contribution in [0.5, 0.6) is 0 Å². The Morgan fingerprint density at radius 2 is 1.83 bits per heavy atom. The van der Waals surface area contributed by atoms with Crippen molar-refractivity contribution in [2.75, 3.05) is 0 Å². The number of nitrogens with zero attached hydrogens (tertiary/aromatic N) is 1. The van der Waals surface area contributed by atoms with Gasteiger partial charge in [-0.15, -0.1) is 0 Å². The van der Waals surface area contributed by atoms with Gasteiger partial charge in [-0.2, -0.15) is 13.2 Å². The van der Waals surface area contributed by atoms with Crippen molar-refractivity contribution in [3.63, 3.8) is 0 Å². The van der Waals surface area contributed by atoms with Crippen LogP contribution < -0.4 is 5.32 Å². The molecule has 0 radical (unpaired) electrons. The lowest BCUT2D eigenvalue weighted by atomic mass is 10.1. The van der Waals surface area contributed by atoms with Crippen LogP contribution in [0.2, 0.25) is 0 Å². The molecule has 0 aliphatic rings. The molecule has 1 N–H and O–H groups in total. The molecule has 0 aliphatic carbocycles. The number of nitrogens with one attached hydrogen (secondary N) is 1. The van der Waals surface area contributed by atoms with E-state index in [1.54, 1.807) is 24.3 Å². The molecule has 0 fully saturated rings. The van der Waals surface area contributed by atoms with Crippen LogP contribution in [0.15, 0.2) is 77.5 Å². The maximum atomic E-state index is 12.9. The molecule has 0 aliphatic heterocycles. The smallest absolute Gasteiger partial charge is 0.355 e. The Kier molecular flexibility index (Phi) is 5.03. The molecule has 0 bridgehead atoms. The Hall–Kier alpha value is -3.09. The molecule has 1 aromatic heterocycles. The fourth-order valence-electron chi connectivity index (χ4n) is 1.91. The highest BCUT2D eigenvalue weighted by atomic mass is 19.4. The first-order chi connectivity index (χ1) is 11.4. The van der Waals surface area contributed by atoms with Crippen LogP contribution in [-0.4, -0.2) is 17.2 Å². The van der Waals surface area contributed by atoms with Crippen LogP contribution in [-0.2, 0) is 0 Å². The molecule has 24 heavy (non-hydrogen) atoms. The van der Waals surface area contributed by atoms with Crippen molar-refractivity contribution in [1.82, 2.24) is 10.5 Å². The molecule has 0 spiro atoms. The zero-order valence-corrected chi connectivity index (χ0v) is 12.4. The van der Waals surface area contributed by atoms with Crippen molar-refractivity contribution in [3.8, 4) is 11.3 Å². The first-order valence-corrected chi connectivity index (χ1v) is 6.76. The number of benzene rings is 1. The Balaban J connectivity index is 2.27. The highest BCUT2D eigenvalue weighted by Gasteiger charge is 2.34. The topological polar surface area (TPSA) is 55.1 Å². The minimum absolute atomic E-state index is 0.154. The van der Waals surface area contributed by atoms with Crippen LogP contribution in [0.25, 0.3) is 11.3 Å². The van der Waals surface area contributed by atoms with E-state index in [1.807, 2.05) is 6.07 Å². The summed E-state index contributed by atoms with van der Waals surface area (Å²) in [6.45, 7) is 6.39. The third-order valence-electron chi connectivity index (χ3n) is 3.05. The van der Waals surface area contributed by atoms with E-state index in [0.717, 1.165) is 6.08 Å². The molecule has 1 amide bonds. The molecule has 0 unspecified atom stereocenters. The number of allylic oxidation sites excluding steroid dienone is 3. The Morgan fingerprint density at radius 3 is 2.38 bits per heavy atom. The third-order valence-corrected chi connectivity index (χ3v) is 3.05. The summed E-state index contributed by atoms with van der Waals surface area (Å²) in [5.74, 6) is -0.524. The van der Waals surface area contributed by atoms with Gasteiger partial charge in [-0.1, -0.05) is 54.7 Å². The lowest BCUT2D eigenvalue weighted by Crippen LogP contribution is -2.26. The van der Waals surface area contributed by atoms with E-state index in [4.69, 9.17) is 4.52 Å². The number of rotatable bonds is 5. The van der Waals surface area contributed by atoms with Crippen LogP contribution in [0.4, 0.5) is 13.2 Å². The molecule has 1 heterocycles. The molecule has 0 saturated heterocycles. The lowest BCUT2D eigenvalue weighted by Gasteiger charge is -2.12. The summed E-state index contributed by atoms with van der Waals surface area (Å²) in [5.41, 5.74) is -1.08. The average molecular weight is 334 g/mol. The Bertz CT molecular complexity index is 790. The van der Waals surface area contributed by atoms with E-state index in [-0.39, 0.29) is 5.69 Å². The SMILES string of the molecule is C=C/C(NC(=O)c1cc(-c2ccccc2)on1)=C(\C=C)C(F)(F)F. The normalized spacial score (nSPS) is 12.3. The van der Waals surface area contributed by atoms with Crippen LogP contribution in [0, 0.1) is 0 Å². The molecule has 0 saturated carbocycles. The summed E-state index contributed by atoms with van der Waals surface area (Å²) in [5, 5.41) is 5.69. The standard InChI is InChI=1S/C17H13F3N2O2/c1-3-12(17(18,19)20)13(4-2)21-16(23)14-10-15(24-22-14)11-8-6-5-7-9-11/h3-10H,1-2H2,(H,21,23)/b13-12-. The van der Waals surface area contributed by atoms with Crippen molar-refractivity contribution in [2.24, 2.45) is 0 Å². The fraction of sp³-hybridized carbons (Fsp3) is 0.0588. The van der Waals surface area contributed by atoms with Gasteiger partial charge in [0.05, 0.1) is 11.3 Å². The zero-order valence-electron chi connectivity index (χ0n) is 12.4. The van der Waals surface area contributed by atoms with Gasteiger partial charge in [0.15, 0.2) is 11.5 Å².